The highest BCUT2D eigenvalue weighted by Crippen LogP contribution is 2.35. The fourth-order valence-electron chi connectivity index (χ4n) is 3.37. The molecule has 0 unspecified atom stereocenters. The number of rotatable bonds is 5. The van der Waals surface area contributed by atoms with E-state index in [-0.39, 0.29) is 5.56 Å². The number of hydrogen-bond donors (Lipinski definition) is 0. The molecule has 0 aliphatic rings. The normalized spacial score (nSPS) is 11.6. The lowest BCUT2D eigenvalue weighted by Crippen LogP contribution is -2.23. The van der Waals surface area contributed by atoms with Crippen LogP contribution in [0.1, 0.15) is 12.7 Å². The third kappa shape index (κ3) is 3.27. The minimum Gasteiger partial charge on any atom is -0.497 e. The van der Waals surface area contributed by atoms with E-state index in [4.69, 9.17) is 9.72 Å². The molecule has 0 atom stereocenters. The first-order valence-corrected chi connectivity index (χ1v) is 10.1. The van der Waals surface area contributed by atoms with E-state index >= 15 is 0 Å². The molecule has 0 bridgehead atoms. The molecule has 4 aromatic rings. The second-order valence-electron chi connectivity index (χ2n) is 6.82. The van der Waals surface area contributed by atoms with Crippen molar-refractivity contribution in [1.82, 2.24) is 14.5 Å². The maximum absolute atomic E-state index is 13.6. The molecule has 0 amide bonds. The molecule has 1 aromatic carbocycles. The SMILES string of the molecule is C/C=C/Cc1nc2c(sc3nccc(N(C)C)c32)c(=O)n1-c1ccc(OC)cc1. The number of benzene rings is 1. The molecule has 6 nitrogen and oxygen atoms in total. The molecule has 29 heavy (non-hydrogen) atoms. The predicted molar refractivity (Wildman–Crippen MR) is 120 cm³/mol. The Kier molecular flexibility index (Phi) is 5.07. The summed E-state index contributed by atoms with van der Waals surface area (Å²) in [5.74, 6) is 1.44. The van der Waals surface area contributed by atoms with Gasteiger partial charge in [-0.05, 0) is 37.3 Å². The Balaban J connectivity index is 2.07. The van der Waals surface area contributed by atoms with E-state index in [1.165, 1.54) is 11.3 Å². The van der Waals surface area contributed by atoms with Crippen LogP contribution in [-0.4, -0.2) is 35.7 Å². The summed E-state index contributed by atoms with van der Waals surface area (Å²) < 4.78 is 7.55. The number of nitrogens with zero attached hydrogens (tertiary/aromatic N) is 4. The molecule has 3 aromatic heterocycles. The van der Waals surface area contributed by atoms with Gasteiger partial charge in [-0.25, -0.2) is 9.97 Å². The Morgan fingerprint density at radius 3 is 2.62 bits per heavy atom. The molecule has 0 saturated heterocycles. The molecule has 4 rings (SSSR count). The zero-order valence-electron chi connectivity index (χ0n) is 16.8. The van der Waals surface area contributed by atoms with Crippen LogP contribution in [0.5, 0.6) is 5.75 Å². The number of hydrogen-bond acceptors (Lipinski definition) is 6. The molecule has 0 saturated carbocycles. The van der Waals surface area contributed by atoms with Crippen LogP contribution in [0.3, 0.4) is 0 Å². The molecule has 0 N–H and O–H groups in total. The Hall–Kier alpha value is -3.19. The Morgan fingerprint density at radius 1 is 1.21 bits per heavy atom. The third-order valence-corrected chi connectivity index (χ3v) is 5.86. The van der Waals surface area contributed by atoms with Crippen LogP contribution in [0, 0.1) is 0 Å². The smallest absolute Gasteiger partial charge is 0.276 e. The average molecular weight is 407 g/mol. The molecular formula is C22H22N4O2S. The van der Waals surface area contributed by atoms with E-state index in [0.29, 0.717) is 16.9 Å². The lowest BCUT2D eigenvalue weighted by molar-refractivity contribution is 0.414. The molecule has 0 fully saturated rings. The highest BCUT2D eigenvalue weighted by atomic mass is 32.1. The van der Waals surface area contributed by atoms with Crippen LogP contribution in [0.4, 0.5) is 5.69 Å². The number of fused-ring (bicyclic) bond motifs is 3. The first-order valence-electron chi connectivity index (χ1n) is 9.31. The molecule has 3 heterocycles. The number of aromatic nitrogens is 3. The molecule has 0 radical (unpaired) electrons. The van der Waals surface area contributed by atoms with E-state index in [0.717, 1.165) is 32.9 Å². The summed E-state index contributed by atoms with van der Waals surface area (Å²) >= 11 is 1.39. The number of thiophene rings is 1. The standard InChI is InChI=1S/C22H22N4O2S/c1-5-6-7-17-24-19-18-16(25(2)3)12-13-23-21(18)29-20(19)22(27)26(17)14-8-10-15(28-4)11-9-14/h5-6,8-13H,7H2,1-4H3/b6-5+. The lowest BCUT2D eigenvalue weighted by atomic mass is 10.2. The summed E-state index contributed by atoms with van der Waals surface area (Å²) in [5.41, 5.74) is 2.42. The molecule has 0 spiro atoms. The van der Waals surface area contributed by atoms with Gasteiger partial charge in [0, 0.05) is 26.7 Å². The number of ether oxygens (including phenoxy) is 1. The van der Waals surface area contributed by atoms with Gasteiger partial charge in [-0.1, -0.05) is 12.2 Å². The molecular weight excluding hydrogens is 384 g/mol. The molecule has 7 heteroatoms. The zero-order chi connectivity index (χ0) is 20.5. The second-order valence-corrected chi connectivity index (χ2v) is 7.82. The van der Waals surface area contributed by atoms with Gasteiger partial charge in [-0.15, -0.1) is 11.3 Å². The first kappa shape index (κ1) is 19.1. The minimum atomic E-state index is -0.0765. The van der Waals surface area contributed by atoms with Crippen LogP contribution in [0.25, 0.3) is 26.1 Å². The van der Waals surface area contributed by atoms with E-state index in [1.54, 1.807) is 17.9 Å². The topological polar surface area (TPSA) is 60.2 Å². The highest BCUT2D eigenvalue weighted by Gasteiger charge is 2.19. The van der Waals surface area contributed by atoms with Crippen molar-refractivity contribution in [2.75, 3.05) is 26.1 Å². The summed E-state index contributed by atoms with van der Waals surface area (Å²) in [6, 6.07) is 9.41. The summed E-state index contributed by atoms with van der Waals surface area (Å²) in [6.07, 6.45) is 6.30. The van der Waals surface area contributed by atoms with E-state index < -0.39 is 0 Å². The van der Waals surface area contributed by atoms with Crippen LogP contribution in [-0.2, 0) is 6.42 Å². The van der Waals surface area contributed by atoms with Gasteiger partial charge < -0.3 is 9.64 Å². The summed E-state index contributed by atoms with van der Waals surface area (Å²) in [7, 11) is 5.59. The lowest BCUT2D eigenvalue weighted by Gasteiger charge is -2.14. The molecule has 148 valence electrons. The quantitative estimate of drug-likeness (QED) is 0.465. The van der Waals surface area contributed by atoms with Gasteiger partial charge in [-0.2, -0.15) is 0 Å². The first-order chi connectivity index (χ1) is 14.0. The molecule has 0 aliphatic heterocycles. The highest BCUT2D eigenvalue weighted by molar-refractivity contribution is 7.25. The van der Waals surface area contributed by atoms with Gasteiger partial charge in [-0.3, -0.25) is 9.36 Å². The predicted octanol–water partition coefficient (Wildman–Crippen LogP) is 4.19. The third-order valence-electron chi connectivity index (χ3n) is 4.79. The van der Waals surface area contributed by atoms with Crippen LogP contribution >= 0.6 is 11.3 Å². The van der Waals surface area contributed by atoms with Crippen LogP contribution in [0.2, 0.25) is 0 Å². The van der Waals surface area contributed by atoms with Crippen molar-refractivity contribution in [3.8, 4) is 11.4 Å². The number of anilines is 1. The van der Waals surface area contributed by atoms with Gasteiger partial charge in [0.05, 0.1) is 23.9 Å². The fraction of sp³-hybridized carbons (Fsp3) is 0.227. The van der Waals surface area contributed by atoms with Crippen molar-refractivity contribution in [3.05, 3.63) is 64.9 Å². The van der Waals surface area contributed by atoms with Gasteiger partial charge in [0.2, 0.25) is 0 Å². The van der Waals surface area contributed by atoms with Gasteiger partial charge in [0.1, 0.15) is 26.6 Å². The average Bonchev–Trinajstić information content (AvgIpc) is 3.11. The van der Waals surface area contributed by atoms with Crippen LogP contribution in [0.15, 0.2) is 53.5 Å². The number of allylic oxidation sites excluding steroid dienone is 2. The monoisotopic (exact) mass is 406 g/mol. The number of pyridine rings is 1. The van der Waals surface area contributed by atoms with Crippen molar-refractivity contribution in [1.29, 1.82) is 0 Å². The second kappa shape index (κ2) is 7.67. The number of methoxy groups -OCH3 is 1. The van der Waals surface area contributed by atoms with Crippen molar-refractivity contribution in [2.24, 2.45) is 0 Å². The summed E-state index contributed by atoms with van der Waals surface area (Å²) in [4.78, 5) is 25.8. The summed E-state index contributed by atoms with van der Waals surface area (Å²) in [5, 5.41) is 0.929. The van der Waals surface area contributed by atoms with Gasteiger partial charge in [0.25, 0.3) is 5.56 Å². The van der Waals surface area contributed by atoms with Crippen molar-refractivity contribution in [3.63, 3.8) is 0 Å². The Labute approximate surface area is 172 Å². The zero-order valence-corrected chi connectivity index (χ0v) is 17.7. The van der Waals surface area contributed by atoms with Crippen molar-refractivity contribution in [2.45, 2.75) is 13.3 Å². The Bertz CT molecular complexity index is 1270. The maximum atomic E-state index is 13.6. The van der Waals surface area contributed by atoms with Gasteiger partial charge >= 0.3 is 0 Å². The Morgan fingerprint density at radius 2 is 1.97 bits per heavy atom. The summed E-state index contributed by atoms with van der Waals surface area (Å²) in [6.45, 7) is 1.96. The van der Waals surface area contributed by atoms with E-state index in [9.17, 15) is 4.79 Å². The van der Waals surface area contributed by atoms with Crippen molar-refractivity contribution < 1.29 is 4.74 Å². The van der Waals surface area contributed by atoms with E-state index in [2.05, 4.69) is 4.98 Å². The maximum Gasteiger partial charge on any atom is 0.276 e. The van der Waals surface area contributed by atoms with Crippen molar-refractivity contribution >= 4 is 37.5 Å². The molecule has 0 aliphatic carbocycles. The minimum absolute atomic E-state index is 0.0765. The van der Waals surface area contributed by atoms with Crippen LogP contribution < -0.4 is 15.2 Å². The largest absolute Gasteiger partial charge is 0.497 e. The fourth-order valence-corrected chi connectivity index (χ4v) is 4.40. The van der Waals surface area contributed by atoms with E-state index in [1.807, 2.05) is 68.4 Å². The van der Waals surface area contributed by atoms with Gasteiger partial charge in [0.15, 0.2) is 0 Å².